The number of hydrogen-bond donors (Lipinski definition) is 1. The number of para-hydroxylation sites is 1. The highest BCUT2D eigenvalue weighted by Crippen LogP contribution is 2.36. The average molecular weight is 515 g/mol. The van der Waals surface area contributed by atoms with Crippen LogP contribution in [0.2, 0.25) is 0 Å². The summed E-state index contributed by atoms with van der Waals surface area (Å²) in [6.45, 7) is 1.48. The lowest BCUT2D eigenvalue weighted by molar-refractivity contribution is -0.136. The molecule has 0 radical (unpaired) electrons. The molecular formula is C30H25F3N4O. The van der Waals surface area contributed by atoms with Crippen molar-refractivity contribution < 1.29 is 13.2 Å². The number of nitrogens with zero attached hydrogens (tertiary/aromatic N) is 3. The molecule has 0 bridgehead atoms. The molecule has 2 aromatic carbocycles. The third-order valence-electron chi connectivity index (χ3n) is 6.90. The Morgan fingerprint density at radius 1 is 0.921 bits per heavy atom. The SMILES string of the molecule is O=c1cc(NC2=CCCC=C2)n(-c2ccccc2)c2nc(CN3Cc4ccccc4C3)cc(C(F)(F)F)c12. The van der Waals surface area contributed by atoms with Crippen LogP contribution in [0.5, 0.6) is 0 Å². The molecule has 0 spiro atoms. The molecule has 0 amide bonds. The fourth-order valence-electron chi connectivity index (χ4n) is 5.20. The van der Waals surface area contributed by atoms with Gasteiger partial charge in [0.05, 0.1) is 16.6 Å². The number of rotatable bonds is 5. The zero-order valence-electron chi connectivity index (χ0n) is 20.5. The van der Waals surface area contributed by atoms with Gasteiger partial charge < -0.3 is 5.32 Å². The molecule has 0 fully saturated rings. The van der Waals surface area contributed by atoms with Gasteiger partial charge in [-0.1, -0.05) is 54.6 Å². The van der Waals surface area contributed by atoms with E-state index in [0.29, 0.717) is 24.6 Å². The summed E-state index contributed by atoms with van der Waals surface area (Å²) in [5.41, 5.74) is 2.25. The van der Waals surface area contributed by atoms with E-state index in [-0.39, 0.29) is 17.9 Å². The molecule has 2 aromatic heterocycles. The van der Waals surface area contributed by atoms with Crippen molar-refractivity contribution in [1.82, 2.24) is 14.5 Å². The van der Waals surface area contributed by atoms with Gasteiger partial charge in [-0.25, -0.2) is 4.98 Å². The van der Waals surface area contributed by atoms with E-state index in [4.69, 9.17) is 4.98 Å². The van der Waals surface area contributed by atoms with Crippen molar-refractivity contribution in [3.8, 4) is 5.69 Å². The van der Waals surface area contributed by atoms with Crippen molar-refractivity contribution in [3.63, 3.8) is 0 Å². The van der Waals surface area contributed by atoms with Gasteiger partial charge in [0.1, 0.15) is 5.82 Å². The molecule has 4 aromatic rings. The van der Waals surface area contributed by atoms with Gasteiger partial charge in [-0.15, -0.1) is 0 Å². The fraction of sp³-hybridized carbons (Fsp3) is 0.200. The maximum absolute atomic E-state index is 14.4. The van der Waals surface area contributed by atoms with Crippen LogP contribution < -0.4 is 10.7 Å². The minimum atomic E-state index is -4.72. The van der Waals surface area contributed by atoms with Gasteiger partial charge in [0, 0.05) is 37.1 Å². The number of fused-ring (bicyclic) bond motifs is 2. The molecular weight excluding hydrogens is 489 g/mol. The normalized spacial score (nSPS) is 15.5. The molecule has 1 aliphatic heterocycles. The largest absolute Gasteiger partial charge is 0.417 e. The van der Waals surface area contributed by atoms with E-state index in [0.717, 1.165) is 35.7 Å². The molecule has 8 heteroatoms. The minimum absolute atomic E-state index is 0.0203. The van der Waals surface area contributed by atoms with Gasteiger partial charge in [0.25, 0.3) is 0 Å². The molecule has 0 unspecified atom stereocenters. The Morgan fingerprint density at radius 2 is 1.63 bits per heavy atom. The second kappa shape index (κ2) is 9.61. The van der Waals surface area contributed by atoms with Crippen LogP contribution in [0.15, 0.2) is 95.4 Å². The molecule has 1 N–H and O–H groups in total. The first kappa shape index (κ1) is 24.2. The van der Waals surface area contributed by atoms with Crippen LogP contribution in [0.25, 0.3) is 16.7 Å². The molecule has 192 valence electrons. The first-order valence-electron chi connectivity index (χ1n) is 12.5. The number of nitrogens with one attached hydrogen (secondary N) is 1. The van der Waals surface area contributed by atoms with Crippen LogP contribution in [0.3, 0.4) is 0 Å². The van der Waals surface area contributed by atoms with Crippen LogP contribution in [0.1, 0.15) is 35.2 Å². The lowest BCUT2D eigenvalue weighted by Gasteiger charge is -2.22. The smallest absolute Gasteiger partial charge is 0.341 e. The van der Waals surface area contributed by atoms with E-state index in [9.17, 15) is 18.0 Å². The number of hydrogen-bond acceptors (Lipinski definition) is 4. The van der Waals surface area contributed by atoms with Crippen molar-refractivity contribution in [2.75, 3.05) is 5.32 Å². The Labute approximate surface area is 217 Å². The summed E-state index contributed by atoms with van der Waals surface area (Å²) < 4.78 is 44.8. The van der Waals surface area contributed by atoms with Crippen LogP contribution >= 0.6 is 0 Å². The topological polar surface area (TPSA) is 50.2 Å². The summed E-state index contributed by atoms with van der Waals surface area (Å²) >= 11 is 0. The number of pyridine rings is 2. The molecule has 0 saturated heterocycles. The lowest BCUT2D eigenvalue weighted by Crippen LogP contribution is -2.22. The van der Waals surface area contributed by atoms with Gasteiger partial charge in [-0.05, 0) is 48.2 Å². The van der Waals surface area contributed by atoms with Crippen molar-refractivity contribution in [2.24, 2.45) is 0 Å². The Bertz CT molecular complexity index is 1610. The van der Waals surface area contributed by atoms with Gasteiger partial charge >= 0.3 is 6.18 Å². The van der Waals surface area contributed by atoms with Crippen LogP contribution in [0, 0.1) is 0 Å². The molecule has 0 saturated carbocycles. The summed E-state index contributed by atoms with van der Waals surface area (Å²) in [5.74, 6) is 0.359. The number of aromatic nitrogens is 2. The third-order valence-corrected chi connectivity index (χ3v) is 6.90. The fourth-order valence-corrected chi connectivity index (χ4v) is 5.20. The maximum Gasteiger partial charge on any atom is 0.417 e. The van der Waals surface area contributed by atoms with E-state index in [2.05, 4.69) is 10.2 Å². The number of anilines is 1. The Kier molecular flexibility index (Phi) is 6.12. The summed E-state index contributed by atoms with van der Waals surface area (Å²) in [5, 5.41) is 2.81. The Balaban J connectivity index is 1.54. The third kappa shape index (κ3) is 4.63. The predicted octanol–water partition coefficient (Wildman–Crippen LogP) is 6.57. The van der Waals surface area contributed by atoms with Crippen LogP contribution in [-0.4, -0.2) is 14.5 Å². The predicted molar refractivity (Wildman–Crippen MR) is 142 cm³/mol. The molecule has 1 aliphatic carbocycles. The molecule has 5 nitrogen and oxygen atoms in total. The zero-order valence-corrected chi connectivity index (χ0v) is 20.5. The average Bonchev–Trinajstić information content (AvgIpc) is 3.31. The number of halogens is 3. The highest BCUT2D eigenvalue weighted by molar-refractivity contribution is 5.84. The van der Waals surface area contributed by atoms with Gasteiger partial charge in [0.15, 0.2) is 11.1 Å². The highest BCUT2D eigenvalue weighted by atomic mass is 19.4. The maximum atomic E-state index is 14.4. The summed E-state index contributed by atoms with van der Waals surface area (Å²) in [4.78, 5) is 20.0. The van der Waals surface area contributed by atoms with E-state index in [1.165, 1.54) is 6.07 Å². The first-order chi connectivity index (χ1) is 18.4. The van der Waals surface area contributed by atoms with E-state index in [1.807, 2.05) is 48.6 Å². The summed E-state index contributed by atoms with van der Waals surface area (Å²) in [6, 6.07) is 19.3. The van der Waals surface area contributed by atoms with Crippen LogP contribution in [0.4, 0.5) is 19.0 Å². The van der Waals surface area contributed by atoms with Crippen molar-refractivity contribution in [3.05, 3.63) is 123 Å². The van der Waals surface area contributed by atoms with Gasteiger partial charge in [-0.3, -0.25) is 14.3 Å². The molecule has 2 aliphatic rings. The molecule has 6 rings (SSSR count). The summed E-state index contributed by atoms with van der Waals surface area (Å²) in [6.07, 6.45) is 2.95. The lowest BCUT2D eigenvalue weighted by atomic mass is 10.1. The highest BCUT2D eigenvalue weighted by Gasteiger charge is 2.36. The number of benzene rings is 2. The zero-order chi connectivity index (χ0) is 26.3. The van der Waals surface area contributed by atoms with Gasteiger partial charge in [0.2, 0.25) is 0 Å². The molecule has 38 heavy (non-hydrogen) atoms. The van der Waals surface area contributed by atoms with Crippen LogP contribution in [-0.2, 0) is 25.8 Å². The number of alkyl halides is 3. The summed E-state index contributed by atoms with van der Waals surface area (Å²) in [7, 11) is 0. The number of allylic oxidation sites excluding steroid dienone is 3. The van der Waals surface area contributed by atoms with Gasteiger partial charge in [-0.2, -0.15) is 13.2 Å². The minimum Gasteiger partial charge on any atom is -0.341 e. The van der Waals surface area contributed by atoms with Crippen molar-refractivity contribution in [1.29, 1.82) is 0 Å². The second-order valence-corrected chi connectivity index (χ2v) is 9.60. The monoisotopic (exact) mass is 514 g/mol. The molecule has 3 heterocycles. The van der Waals surface area contributed by atoms with Crippen molar-refractivity contribution >= 4 is 16.9 Å². The standard InChI is InChI=1S/C30H25F3N4O/c31-30(32,33)25-15-23(19-36-17-20-9-7-8-10-21(20)18-36)35-29-28(25)26(38)16-27(34-22-11-3-1-4-12-22)37(29)24-13-5-2-6-14-24/h2-3,5-16,34H,1,4,17-19H2. The van der Waals surface area contributed by atoms with Crippen molar-refractivity contribution in [2.45, 2.75) is 38.7 Å². The Hall–Kier alpha value is -4.17. The first-order valence-corrected chi connectivity index (χ1v) is 12.5. The molecule has 0 atom stereocenters. The van der Waals surface area contributed by atoms with E-state index in [1.54, 1.807) is 28.8 Å². The Morgan fingerprint density at radius 3 is 2.29 bits per heavy atom. The van der Waals surface area contributed by atoms with E-state index < -0.39 is 22.6 Å². The second-order valence-electron chi connectivity index (χ2n) is 9.60. The van der Waals surface area contributed by atoms with E-state index >= 15 is 0 Å². The quantitative estimate of drug-likeness (QED) is 0.328.